The van der Waals surface area contributed by atoms with Crippen LogP contribution in [0.3, 0.4) is 0 Å². The molecule has 152 valence electrons. The van der Waals surface area contributed by atoms with Gasteiger partial charge < -0.3 is 10.6 Å². The topological polar surface area (TPSA) is 104 Å². The fourth-order valence-corrected chi connectivity index (χ4v) is 4.11. The van der Waals surface area contributed by atoms with Gasteiger partial charge in [0, 0.05) is 18.7 Å². The SMILES string of the molecule is Cc1nc2ccc(C(=O)NCCCN3C(=O)NC4(CCCC4)C3=O)cc2nc1C. The summed E-state index contributed by atoms with van der Waals surface area (Å²) in [6.07, 6.45) is 3.87. The predicted molar refractivity (Wildman–Crippen MR) is 107 cm³/mol. The number of hydrogen-bond acceptors (Lipinski definition) is 5. The highest BCUT2D eigenvalue weighted by Crippen LogP contribution is 2.34. The Morgan fingerprint density at radius 1 is 1.14 bits per heavy atom. The lowest BCUT2D eigenvalue weighted by molar-refractivity contribution is -0.131. The van der Waals surface area contributed by atoms with Crippen LogP contribution in [0.25, 0.3) is 11.0 Å². The molecule has 1 saturated heterocycles. The molecule has 8 heteroatoms. The molecule has 0 radical (unpaired) electrons. The lowest BCUT2D eigenvalue weighted by Crippen LogP contribution is -2.44. The molecule has 2 fully saturated rings. The highest BCUT2D eigenvalue weighted by molar-refractivity contribution is 6.07. The van der Waals surface area contributed by atoms with Crippen molar-refractivity contribution >= 4 is 28.9 Å². The maximum Gasteiger partial charge on any atom is 0.325 e. The van der Waals surface area contributed by atoms with Crippen molar-refractivity contribution in [1.29, 1.82) is 0 Å². The van der Waals surface area contributed by atoms with Gasteiger partial charge in [0.2, 0.25) is 0 Å². The minimum Gasteiger partial charge on any atom is -0.352 e. The average Bonchev–Trinajstić information content (AvgIpc) is 3.25. The summed E-state index contributed by atoms with van der Waals surface area (Å²) in [5, 5.41) is 5.71. The summed E-state index contributed by atoms with van der Waals surface area (Å²) in [4.78, 5) is 47.5. The lowest BCUT2D eigenvalue weighted by Gasteiger charge is -2.20. The third-order valence-electron chi connectivity index (χ3n) is 5.88. The molecule has 2 heterocycles. The number of aryl methyl sites for hydroxylation is 2. The number of carbonyl (C=O) groups excluding carboxylic acids is 3. The van der Waals surface area contributed by atoms with Crippen molar-refractivity contribution in [2.75, 3.05) is 13.1 Å². The molecule has 1 saturated carbocycles. The van der Waals surface area contributed by atoms with Crippen LogP contribution in [-0.2, 0) is 4.79 Å². The number of nitrogens with one attached hydrogen (secondary N) is 2. The number of benzene rings is 1. The van der Waals surface area contributed by atoms with Gasteiger partial charge in [-0.25, -0.2) is 14.8 Å². The molecule has 0 bridgehead atoms. The van der Waals surface area contributed by atoms with Crippen molar-refractivity contribution in [3.63, 3.8) is 0 Å². The fourth-order valence-electron chi connectivity index (χ4n) is 4.11. The van der Waals surface area contributed by atoms with Crippen LogP contribution < -0.4 is 10.6 Å². The molecule has 2 aromatic rings. The molecule has 0 atom stereocenters. The number of hydrogen-bond donors (Lipinski definition) is 2. The van der Waals surface area contributed by atoms with E-state index in [1.807, 2.05) is 13.8 Å². The summed E-state index contributed by atoms with van der Waals surface area (Å²) in [6.45, 7) is 4.47. The highest BCUT2D eigenvalue weighted by atomic mass is 16.2. The van der Waals surface area contributed by atoms with Crippen LogP contribution in [0.4, 0.5) is 4.79 Å². The van der Waals surface area contributed by atoms with Crippen LogP contribution in [0.15, 0.2) is 18.2 Å². The van der Waals surface area contributed by atoms with Crippen molar-refractivity contribution in [2.45, 2.75) is 51.5 Å². The first kappa shape index (κ1) is 19.3. The molecule has 0 unspecified atom stereocenters. The molecule has 8 nitrogen and oxygen atoms in total. The van der Waals surface area contributed by atoms with Gasteiger partial charge >= 0.3 is 6.03 Å². The smallest absolute Gasteiger partial charge is 0.325 e. The predicted octanol–water partition coefficient (Wildman–Crippen LogP) is 2.23. The number of fused-ring (bicyclic) bond motifs is 1. The molecular weight excluding hydrogens is 370 g/mol. The fraction of sp³-hybridized carbons (Fsp3) is 0.476. The van der Waals surface area contributed by atoms with Crippen LogP contribution in [0.1, 0.15) is 53.8 Å². The van der Waals surface area contributed by atoms with Crippen molar-refractivity contribution in [2.24, 2.45) is 0 Å². The summed E-state index contributed by atoms with van der Waals surface area (Å²) in [5.74, 6) is -0.332. The van der Waals surface area contributed by atoms with Gasteiger partial charge in [-0.15, -0.1) is 0 Å². The molecule has 1 aliphatic carbocycles. The van der Waals surface area contributed by atoms with Crippen LogP contribution in [0.5, 0.6) is 0 Å². The summed E-state index contributed by atoms with van der Waals surface area (Å²) in [7, 11) is 0. The summed E-state index contributed by atoms with van der Waals surface area (Å²) in [6, 6.07) is 4.92. The lowest BCUT2D eigenvalue weighted by atomic mass is 9.98. The van der Waals surface area contributed by atoms with Crippen LogP contribution in [-0.4, -0.2) is 51.3 Å². The van der Waals surface area contributed by atoms with Gasteiger partial charge in [-0.3, -0.25) is 14.5 Å². The Hall–Kier alpha value is -3.03. The van der Waals surface area contributed by atoms with E-state index in [9.17, 15) is 14.4 Å². The zero-order chi connectivity index (χ0) is 20.6. The Bertz CT molecular complexity index is 997. The molecule has 1 aromatic carbocycles. The van der Waals surface area contributed by atoms with E-state index in [0.717, 1.165) is 29.7 Å². The van der Waals surface area contributed by atoms with E-state index in [1.54, 1.807) is 18.2 Å². The highest BCUT2D eigenvalue weighted by Gasteiger charge is 2.51. The van der Waals surface area contributed by atoms with Crippen molar-refractivity contribution in [3.8, 4) is 0 Å². The first-order valence-corrected chi connectivity index (χ1v) is 10.1. The molecule has 1 aromatic heterocycles. The molecular formula is C21H25N5O3. The number of urea groups is 1. The maximum atomic E-state index is 12.6. The Labute approximate surface area is 169 Å². The number of aromatic nitrogens is 2. The van der Waals surface area contributed by atoms with E-state index in [0.29, 0.717) is 43.4 Å². The van der Waals surface area contributed by atoms with Crippen LogP contribution in [0.2, 0.25) is 0 Å². The first-order chi connectivity index (χ1) is 13.9. The number of amides is 4. The normalized spacial score (nSPS) is 17.9. The molecule has 2 aliphatic rings. The Morgan fingerprint density at radius 3 is 2.55 bits per heavy atom. The van der Waals surface area contributed by atoms with Crippen molar-refractivity contribution in [1.82, 2.24) is 25.5 Å². The maximum absolute atomic E-state index is 12.6. The quantitative estimate of drug-likeness (QED) is 0.597. The minimum absolute atomic E-state index is 0.120. The molecule has 4 rings (SSSR count). The number of nitrogens with zero attached hydrogens (tertiary/aromatic N) is 3. The molecule has 2 N–H and O–H groups in total. The summed E-state index contributed by atoms with van der Waals surface area (Å²) >= 11 is 0. The molecule has 29 heavy (non-hydrogen) atoms. The van der Waals surface area contributed by atoms with Crippen molar-refractivity contribution in [3.05, 3.63) is 35.2 Å². The van der Waals surface area contributed by atoms with Gasteiger partial charge in [-0.2, -0.15) is 0 Å². The van der Waals surface area contributed by atoms with Crippen molar-refractivity contribution < 1.29 is 14.4 Å². The second-order valence-electron chi connectivity index (χ2n) is 7.88. The van der Waals surface area contributed by atoms with Crippen LogP contribution in [0, 0.1) is 13.8 Å². The number of rotatable bonds is 5. The molecule has 1 aliphatic heterocycles. The molecule has 4 amide bonds. The second-order valence-corrected chi connectivity index (χ2v) is 7.88. The standard InChI is InChI=1S/C21H25N5O3/c1-13-14(2)24-17-12-15(6-7-16(17)23-13)18(27)22-10-5-11-26-19(28)21(25-20(26)29)8-3-4-9-21/h6-7,12H,3-5,8-11H2,1-2H3,(H,22,27)(H,25,29). The van der Waals surface area contributed by atoms with Gasteiger partial charge in [0.25, 0.3) is 11.8 Å². The van der Waals surface area contributed by atoms with Gasteiger partial charge in [-0.1, -0.05) is 12.8 Å². The summed E-state index contributed by atoms with van der Waals surface area (Å²) in [5.41, 5.74) is 2.97. The number of carbonyl (C=O) groups is 3. The van der Waals surface area contributed by atoms with Gasteiger partial charge in [-0.05, 0) is 51.3 Å². The zero-order valence-corrected chi connectivity index (χ0v) is 16.7. The van der Waals surface area contributed by atoms with Gasteiger partial charge in [0.05, 0.1) is 22.4 Å². The minimum atomic E-state index is -0.678. The first-order valence-electron chi connectivity index (χ1n) is 10.1. The van der Waals surface area contributed by atoms with E-state index in [1.165, 1.54) is 4.90 Å². The van der Waals surface area contributed by atoms with E-state index in [2.05, 4.69) is 20.6 Å². The Morgan fingerprint density at radius 2 is 1.83 bits per heavy atom. The second kappa shape index (κ2) is 7.42. The van der Waals surface area contributed by atoms with E-state index < -0.39 is 5.54 Å². The largest absolute Gasteiger partial charge is 0.352 e. The summed E-state index contributed by atoms with van der Waals surface area (Å²) < 4.78 is 0. The monoisotopic (exact) mass is 395 g/mol. The van der Waals surface area contributed by atoms with E-state index in [-0.39, 0.29) is 17.8 Å². The third-order valence-corrected chi connectivity index (χ3v) is 5.88. The Balaban J connectivity index is 1.32. The number of imide groups is 1. The van der Waals surface area contributed by atoms with Gasteiger partial charge in [0.15, 0.2) is 0 Å². The Kier molecular flexibility index (Phi) is 4.94. The average molecular weight is 395 g/mol. The third kappa shape index (κ3) is 3.54. The zero-order valence-electron chi connectivity index (χ0n) is 16.7. The van der Waals surface area contributed by atoms with Gasteiger partial charge in [0.1, 0.15) is 5.54 Å². The molecule has 1 spiro atoms. The van der Waals surface area contributed by atoms with E-state index in [4.69, 9.17) is 0 Å². The van der Waals surface area contributed by atoms with Crippen LogP contribution >= 0.6 is 0 Å². The van der Waals surface area contributed by atoms with E-state index >= 15 is 0 Å².